The highest BCUT2D eigenvalue weighted by Crippen LogP contribution is 2.34. The van der Waals surface area contributed by atoms with Crippen molar-refractivity contribution in [3.05, 3.63) is 71.8 Å². The van der Waals surface area contributed by atoms with Gasteiger partial charge in [-0.15, -0.1) is 0 Å². The number of hydrogen-bond donors (Lipinski definition) is 1. The Bertz CT molecular complexity index is 1090. The molecule has 222 valence electrons. The number of nitrogens with zero attached hydrogens (tertiary/aromatic N) is 2. The van der Waals surface area contributed by atoms with Crippen LogP contribution in [0.1, 0.15) is 95.7 Å². The molecule has 1 atom stereocenters. The molecule has 0 bridgehead atoms. The molecule has 2 aromatic rings. The van der Waals surface area contributed by atoms with Crippen LogP contribution < -0.4 is 5.73 Å². The molecule has 1 saturated carbocycles. The minimum atomic E-state index is -0.607. The molecular formula is C34H47N3O4. The maximum absolute atomic E-state index is 13.1. The lowest BCUT2D eigenvalue weighted by Crippen LogP contribution is -2.54. The second-order valence-electron chi connectivity index (χ2n) is 12.7. The number of benzene rings is 2. The molecule has 0 amide bonds. The van der Waals surface area contributed by atoms with E-state index in [1.165, 1.54) is 43.2 Å². The zero-order valence-corrected chi connectivity index (χ0v) is 25.0. The largest absolute Gasteiger partial charge is 0.460 e. The lowest BCUT2D eigenvalue weighted by Gasteiger charge is -2.44. The van der Waals surface area contributed by atoms with Gasteiger partial charge in [0.25, 0.3) is 0 Å². The number of carbonyl (C=O) groups is 2. The SMILES string of the molecule is CC(C)(C)OC(=O)CC(CCCC1CCCCC1)C(=O)O/N=C(\N)C1CN(C(c2ccccc2)c2ccccc2)C1. The summed E-state index contributed by atoms with van der Waals surface area (Å²) in [7, 11) is 0. The van der Waals surface area contributed by atoms with Gasteiger partial charge in [-0.3, -0.25) is 9.69 Å². The molecule has 4 rings (SSSR count). The summed E-state index contributed by atoms with van der Waals surface area (Å²) in [6.07, 6.45) is 8.94. The number of nitrogens with two attached hydrogens (primary N) is 1. The molecule has 1 saturated heterocycles. The van der Waals surface area contributed by atoms with Crippen molar-refractivity contribution in [2.24, 2.45) is 28.6 Å². The second-order valence-corrected chi connectivity index (χ2v) is 12.7. The first-order valence-corrected chi connectivity index (χ1v) is 15.3. The molecule has 2 aromatic carbocycles. The van der Waals surface area contributed by atoms with Gasteiger partial charge in [0, 0.05) is 19.0 Å². The third kappa shape index (κ3) is 9.42. The van der Waals surface area contributed by atoms with Crippen LogP contribution in [0.5, 0.6) is 0 Å². The number of oxime groups is 1. The lowest BCUT2D eigenvalue weighted by molar-refractivity contribution is -0.161. The fourth-order valence-electron chi connectivity index (χ4n) is 6.06. The van der Waals surface area contributed by atoms with E-state index in [0.29, 0.717) is 31.3 Å². The van der Waals surface area contributed by atoms with Gasteiger partial charge >= 0.3 is 11.9 Å². The zero-order chi connectivity index (χ0) is 29.2. The van der Waals surface area contributed by atoms with Crippen LogP contribution in [0, 0.1) is 17.8 Å². The van der Waals surface area contributed by atoms with Gasteiger partial charge in [-0.1, -0.05) is 111 Å². The van der Waals surface area contributed by atoms with Gasteiger partial charge in [0.2, 0.25) is 0 Å². The Morgan fingerprint density at radius 2 is 1.54 bits per heavy atom. The normalized spacial score (nSPS) is 18.1. The van der Waals surface area contributed by atoms with E-state index in [2.05, 4.69) is 58.6 Å². The highest BCUT2D eigenvalue weighted by atomic mass is 16.7. The van der Waals surface area contributed by atoms with E-state index in [-0.39, 0.29) is 18.4 Å². The van der Waals surface area contributed by atoms with Crippen molar-refractivity contribution < 1.29 is 19.2 Å². The van der Waals surface area contributed by atoms with E-state index in [4.69, 9.17) is 15.3 Å². The third-order valence-corrected chi connectivity index (χ3v) is 8.22. The number of esters is 1. The topological polar surface area (TPSA) is 94.2 Å². The summed E-state index contributed by atoms with van der Waals surface area (Å²) in [5.41, 5.74) is 8.14. The Hall–Kier alpha value is -3.19. The Kier molecular flexibility index (Phi) is 11.0. The number of amidine groups is 1. The molecule has 41 heavy (non-hydrogen) atoms. The summed E-state index contributed by atoms with van der Waals surface area (Å²) in [6, 6.07) is 21.0. The minimum Gasteiger partial charge on any atom is -0.460 e. The smallest absolute Gasteiger partial charge is 0.338 e. The van der Waals surface area contributed by atoms with Gasteiger partial charge in [-0.05, 0) is 44.2 Å². The standard InChI is InChI=1S/C34H47N3O4/c1-34(2,3)40-30(38)22-28(21-13-16-25-14-7-4-8-15-25)33(39)41-36-32(35)29-23-37(24-29)31(26-17-9-5-10-18-26)27-19-11-6-12-20-27/h5-6,9-12,17-20,25,28-29,31H,4,7-8,13-16,21-24H2,1-3H3,(H2,35,36). The molecule has 1 aliphatic carbocycles. The first-order valence-electron chi connectivity index (χ1n) is 15.3. The molecule has 0 spiro atoms. The van der Waals surface area contributed by atoms with Crippen LogP contribution in [-0.2, 0) is 19.2 Å². The highest BCUT2D eigenvalue weighted by molar-refractivity contribution is 5.85. The van der Waals surface area contributed by atoms with E-state index in [1.807, 2.05) is 32.9 Å². The molecule has 2 N–H and O–H groups in total. The van der Waals surface area contributed by atoms with Crippen LogP contribution >= 0.6 is 0 Å². The zero-order valence-electron chi connectivity index (χ0n) is 25.0. The monoisotopic (exact) mass is 561 g/mol. The van der Waals surface area contributed by atoms with Gasteiger partial charge in [0.1, 0.15) is 11.4 Å². The van der Waals surface area contributed by atoms with E-state index < -0.39 is 23.5 Å². The average molecular weight is 562 g/mol. The first kappa shape index (κ1) is 30.8. The quantitative estimate of drug-likeness (QED) is 0.103. The minimum absolute atomic E-state index is 0.00617. The summed E-state index contributed by atoms with van der Waals surface area (Å²) in [5, 5.41) is 4.05. The van der Waals surface area contributed by atoms with Crippen LogP contribution in [0.25, 0.3) is 0 Å². The molecule has 2 fully saturated rings. The Labute approximate surface area is 245 Å². The van der Waals surface area contributed by atoms with Crippen LogP contribution in [0.4, 0.5) is 0 Å². The Balaban J connectivity index is 1.34. The fraction of sp³-hybridized carbons (Fsp3) is 0.559. The van der Waals surface area contributed by atoms with Crippen molar-refractivity contribution in [1.29, 1.82) is 0 Å². The Morgan fingerprint density at radius 1 is 0.951 bits per heavy atom. The summed E-state index contributed by atoms with van der Waals surface area (Å²) >= 11 is 0. The van der Waals surface area contributed by atoms with Gasteiger partial charge in [0.15, 0.2) is 0 Å². The van der Waals surface area contributed by atoms with E-state index in [9.17, 15) is 9.59 Å². The van der Waals surface area contributed by atoms with Crippen LogP contribution in [0.2, 0.25) is 0 Å². The van der Waals surface area contributed by atoms with Gasteiger partial charge in [-0.25, -0.2) is 4.79 Å². The number of ether oxygens (including phenoxy) is 1. The summed E-state index contributed by atoms with van der Waals surface area (Å²) < 4.78 is 5.50. The summed E-state index contributed by atoms with van der Waals surface area (Å²) in [6.45, 7) is 6.91. The van der Waals surface area contributed by atoms with Crippen molar-refractivity contribution >= 4 is 17.8 Å². The fourth-order valence-corrected chi connectivity index (χ4v) is 6.06. The van der Waals surface area contributed by atoms with E-state index in [1.54, 1.807) is 0 Å². The molecule has 1 heterocycles. The van der Waals surface area contributed by atoms with Crippen LogP contribution in [0.3, 0.4) is 0 Å². The number of rotatable bonds is 12. The van der Waals surface area contributed by atoms with Crippen molar-refractivity contribution in [3.8, 4) is 0 Å². The van der Waals surface area contributed by atoms with E-state index >= 15 is 0 Å². The number of likely N-dealkylation sites (tertiary alicyclic amines) is 1. The first-order chi connectivity index (χ1) is 19.7. The lowest BCUT2D eigenvalue weighted by atomic mass is 9.84. The highest BCUT2D eigenvalue weighted by Gasteiger charge is 2.36. The molecule has 7 heteroatoms. The molecule has 1 aliphatic heterocycles. The third-order valence-electron chi connectivity index (χ3n) is 8.22. The molecule has 0 aromatic heterocycles. The van der Waals surface area contributed by atoms with Crippen molar-refractivity contribution in [2.45, 2.75) is 90.2 Å². The number of carbonyl (C=O) groups excluding carboxylic acids is 2. The summed E-state index contributed by atoms with van der Waals surface area (Å²) in [4.78, 5) is 33.4. The molecule has 7 nitrogen and oxygen atoms in total. The van der Waals surface area contributed by atoms with E-state index in [0.717, 1.165) is 12.8 Å². The second kappa shape index (κ2) is 14.6. The molecular weight excluding hydrogens is 514 g/mol. The van der Waals surface area contributed by atoms with Crippen molar-refractivity contribution in [2.75, 3.05) is 13.1 Å². The van der Waals surface area contributed by atoms with Crippen LogP contribution in [0.15, 0.2) is 65.8 Å². The maximum Gasteiger partial charge on any atom is 0.338 e. The van der Waals surface area contributed by atoms with Gasteiger partial charge < -0.3 is 15.3 Å². The Morgan fingerprint density at radius 3 is 2.10 bits per heavy atom. The van der Waals surface area contributed by atoms with Crippen LogP contribution in [-0.4, -0.2) is 41.4 Å². The average Bonchev–Trinajstić information content (AvgIpc) is 2.93. The number of hydrogen-bond acceptors (Lipinski definition) is 6. The van der Waals surface area contributed by atoms with Crippen molar-refractivity contribution in [3.63, 3.8) is 0 Å². The molecule has 2 aliphatic rings. The summed E-state index contributed by atoms with van der Waals surface area (Å²) in [5.74, 6) is -0.473. The van der Waals surface area contributed by atoms with Crippen molar-refractivity contribution in [1.82, 2.24) is 4.90 Å². The van der Waals surface area contributed by atoms with Gasteiger partial charge in [0.05, 0.1) is 18.4 Å². The molecule has 0 radical (unpaired) electrons. The maximum atomic E-state index is 13.1. The predicted octanol–water partition coefficient (Wildman–Crippen LogP) is 6.62. The predicted molar refractivity (Wildman–Crippen MR) is 162 cm³/mol. The van der Waals surface area contributed by atoms with Gasteiger partial charge in [-0.2, -0.15) is 0 Å². The molecule has 1 unspecified atom stereocenters.